The van der Waals surface area contributed by atoms with Gasteiger partial charge in [0.25, 0.3) is 0 Å². The first-order valence-electron chi connectivity index (χ1n) is 7.40. The third-order valence-corrected chi connectivity index (χ3v) is 3.89. The number of aliphatic hydroxyl groups excluding tert-OH is 1. The van der Waals surface area contributed by atoms with Crippen LogP contribution in [0.4, 0.5) is 10.3 Å². The highest BCUT2D eigenvalue weighted by atomic mass is 19.1. The fourth-order valence-corrected chi connectivity index (χ4v) is 2.62. The summed E-state index contributed by atoms with van der Waals surface area (Å²) in [5.41, 5.74) is 0.746. The number of rotatable bonds is 4. The molecule has 1 fully saturated rings. The molecule has 2 heterocycles. The summed E-state index contributed by atoms with van der Waals surface area (Å²) in [7, 11) is 0. The van der Waals surface area contributed by atoms with Crippen LogP contribution in [0.5, 0.6) is 0 Å². The van der Waals surface area contributed by atoms with Crippen molar-refractivity contribution in [3.05, 3.63) is 54.1 Å². The minimum absolute atomic E-state index is 0.285. The van der Waals surface area contributed by atoms with E-state index in [9.17, 15) is 9.50 Å². The summed E-state index contributed by atoms with van der Waals surface area (Å²) in [6, 6.07) is 7.83. The van der Waals surface area contributed by atoms with Gasteiger partial charge in [-0.1, -0.05) is 12.1 Å². The zero-order valence-electron chi connectivity index (χ0n) is 12.3. The van der Waals surface area contributed by atoms with Gasteiger partial charge in [-0.25, -0.2) is 14.4 Å². The number of piperazine rings is 1. The second kappa shape index (κ2) is 6.81. The molecule has 1 saturated heterocycles. The molecule has 0 aliphatic carbocycles. The number of anilines is 1. The Labute approximate surface area is 129 Å². The normalized spacial score (nSPS) is 17.5. The Bertz CT molecular complexity index is 585. The van der Waals surface area contributed by atoms with Gasteiger partial charge in [-0.15, -0.1) is 0 Å². The topological polar surface area (TPSA) is 52.5 Å². The predicted octanol–water partition coefficient (Wildman–Crippen LogP) is 1.47. The maximum absolute atomic E-state index is 12.9. The molecule has 6 heteroatoms. The average molecular weight is 302 g/mol. The highest BCUT2D eigenvalue weighted by molar-refractivity contribution is 5.29. The van der Waals surface area contributed by atoms with E-state index in [2.05, 4.69) is 19.8 Å². The molecule has 5 nitrogen and oxygen atoms in total. The molecule has 116 valence electrons. The third-order valence-electron chi connectivity index (χ3n) is 3.89. The molecule has 1 aromatic carbocycles. The molecule has 1 N–H and O–H groups in total. The van der Waals surface area contributed by atoms with Gasteiger partial charge < -0.3 is 10.0 Å². The first kappa shape index (κ1) is 14.9. The van der Waals surface area contributed by atoms with Gasteiger partial charge in [0, 0.05) is 45.1 Å². The average Bonchev–Trinajstić information content (AvgIpc) is 2.57. The van der Waals surface area contributed by atoms with Crippen LogP contribution in [0.2, 0.25) is 0 Å². The van der Waals surface area contributed by atoms with Crippen LogP contribution in [0.25, 0.3) is 0 Å². The first-order chi connectivity index (χ1) is 10.7. The predicted molar refractivity (Wildman–Crippen MR) is 82.0 cm³/mol. The number of β-amino-alcohol motifs (C(OH)–C–C–N with tert-alkyl or cyclic N) is 1. The number of hydrogen-bond acceptors (Lipinski definition) is 5. The summed E-state index contributed by atoms with van der Waals surface area (Å²) >= 11 is 0. The van der Waals surface area contributed by atoms with Gasteiger partial charge in [0.15, 0.2) is 0 Å². The number of halogens is 1. The molecule has 0 unspecified atom stereocenters. The number of aliphatic hydroxyl groups is 1. The Morgan fingerprint density at radius 2 is 1.68 bits per heavy atom. The van der Waals surface area contributed by atoms with Crippen LogP contribution in [-0.2, 0) is 0 Å². The van der Waals surface area contributed by atoms with Crippen molar-refractivity contribution in [3.63, 3.8) is 0 Å². The van der Waals surface area contributed by atoms with Crippen LogP contribution < -0.4 is 4.90 Å². The van der Waals surface area contributed by atoms with Gasteiger partial charge in [-0.3, -0.25) is 4.90 Å². The second-order valence-electron chi connectivity index (χ2n) is 5.40. The van der Waals surface area contributed by atoms with Crippen LogP contribution in [0.15, 0.2) is 42.7 Å². The Kier molecular flexibility index (Phi) is 4.60. The molecule has 0 radical (unpaired) electrons. The van der Waals surface area contributed by atoms with Crippen molar-refractivity contribution in [2.24, 2.45) is 0 Å². The van der Waals surface area contributed by atoms with E-state index in [1.807, 2.05) is 0 Å². The standard InChI is InChI=1S/C16H19FN4O/c17-14-4-2-13(3-5-14)15(22)12-20-8-10-21(11-9-20)16-18-6-1-7-19-16/h1-7,15,22H,8-12H2/t15-/m0/s1. The monoisotopic (exact) mass is 302 g/mol. The molecular formula is C16H19FN4O. The lowest BCUT2D eigenvalue weighted by Crippen LogP contribution is -2.48. The SMILES string of the molecule is O[C@@H](CN1CCN(c2ncccn2)CC1)c1ccc(F)cc1. The van der Waals surface area contributed by atoms with Crippen molar-refractivity contribution in [1.82, 2.24) is 14.9 Å². The van der Waals surface area contributed by atoms with E-state index in [4.69, 9.17) is 0 Å². The molecule has 3 rings (SSSR count). The molecular weight excluding hydrogens is 283 g/mol. The molecule has 0 amide bonds. The highest BCUT2D eigenvalue weighted by Crippen LogP contribution is 2.17. The first-order valence-corrected chi connectivity index (χ1v) is 7.40. The van der Waals surface area contributed by atoms with Crippen molar-refractivity contribution in [1.29, 1.82) is 0 Å². The number of benzene rings is 1. The van der Waals surface area contributed by atoms with Crippen LogP contribution in [-0.4, -0.2) is 52.7 Å². The quantitative estimate of drug-likeness (QED) is 0.927. The van der Waals surface area contributed by atoms with E-state index in [1.54, 1.807) is 30.6 Å². The van der Waals surface area contributed by atoms with Crippen molar-refractivity contribution >= 4 is 5.95 Å². The number of hydrogen-bond donors (Lipinski definition) is 1. The van der Waals surface area contributed by atoms with E-state index < -0.39 is 6.10 Å². The van der Waals surface area contributed by atoms with Crippen molar-refractivity contribution in [3.8, 4) is 0 Å². The number of nitrogens with zero attached hydrogens (tertiary/aromatic N) is 4. The fourth-order valence-electron chi connectivity index (χ4n) is 2.62. The maximum Gasteiger partial charge on any atom is 0.225 e. The van der Waals surface area contributed by atoms with Gasteiger partial charge in [-0.05, 0) is 23.8 Å². The smallest absolute Gasteiger partial charge is 0.225 e. The van der Waals surface area contributed by atoms with Crippen LogP contribution in [0.3, 0.4) is 0 Å². The van der Waals surface area contributed by atoms with Gasteiger partial charge in [0.05, 0.1) is 6.10 Å². The Hall–Kier alpha value is -2.05. The number of aromatic nitrogens is 2. The zero-order valence-corrected chi connectivity index (χ0v) is 12.3. The highest BCUT2D eigenvalue weighted by Gasteiger charge is 2.21. The van der Waals surface area contributed by atoms with Crippen LogP contribution >= 0.6 is 0 Å². The lowest BCUT2D eigenvalue weighted by atomic mass is 10.1. The van der Waals surface area contributed by atoms with E-state index in [1.165, 1.54) is 12.1 Å². The molecule has 1 atom stereocenters. The maximum atomic E-state index is 12.9. The molecule has 1 aliphatic heterocycles. The minimum atomic E-state index is -0.597. The van der Waals surface area contributed by atoms with E-state index >= 15 is 0 Å². The lowest BCUT2D eigenvalue weighted by Gasteiger charge is -2.35. The summed E-state index contributed by atoms with van der Waals surface area (Å²) in [4.78, 5) is 12.9. The third kappa shape index (κ3) is 3.58. The second-order valence-corrected chi connectivity index (χ2v) is 5.40. The van der Waals surface area contributed by atoms with Gasteiger partial charge in [-0.2, -0.15) is 0 Å². The summed E-state index contributed by atoms with van der Waals surface area (Å²) in [6.07, 6.45) is 2.89. The molecule has 0 saturated carbocycles. The Morgan fingerprint density at radius 1 is 1.05 bits per heavy atom. The van der Waals surface area contributed by atoms with Crippen molar-refractivity contribution < 1.29 is 9.50 Å². The summed E-state index contributed by atoms with van der Waals surface area (Å²) < 4.78 is 12.9. The minimum Gasteiger partial charge on any atom is -0.387 e. The molecule has 2 aromatic rings. The van der Waals surface area contributed by atoms with E-state index in [0.717, 1.165) is 37.7 Å². The molecule has 22 heavy (non-hydrogen) atoms. The van der Waals surface area contributed by atoms with Crippen LogP contribution in [0.1, 0.15) is 11.7 Å². The summed E-state index contributed by atoms with van der Waals surface area (Å²) in [6.45, 7) is 3.91. The van der Waals surface area contributed by atoms with Gasteiger partial charge >= 0.3 is 0 Å². The van der Waals surface area contributed by atoms with E-state index in [0.29, 0.717) is 6.54 Å². The summed E-state index contributed by atoms with van der Waals surface area (Å²) in [5.74, 6) is 0.466. The Morgan fingerprint density at radius 3 is 2.32 bits per heavy atom. The molecule has 0 spiro atoms. The van der Waals surface area contributed by atoms with Gasteiger partial charge in [0.1, 0.15) is 5.82 Å². The summed E-state index contributed by atoms with van der Waals surface area (Å²) in [5, 5.41) is 10.2. The zero-order chi connectivity index (χ0) is 15.4. The fraction of sp³-hybridized carbons (Fsp3) is 0.375. The Balaban J connectivity index is 1.52. The molecule has 1 aromatic heterocycles. The van der Waals surface area contributed by atoms with Crippen molar-refractivity contribution in [2.45, 2.75) is 6.10 Å². The van der Waals surface area contributed by atoms with Crippen LogP contribution in [0, 0.1) is 5.82 Å². The largest absolute Gasteiger partial charge is 0.387 e. The lowest BCUT2D eigenvalue weighted by molar-refractivity contribution is 0.109. The van der Waals surface area contributed by atoms with E-state index in [-0.39, 0.29) is 5.82 Å². The van der Waals surface area contributed by atoms with Crippen molar-refractivity contribution in [2.75, 3.05) is 37.6 Å². The molecule has 1 aliphatic rings. The van der Waals surface area contributed by atoms with Gasteiger partial charge in [0.2, 0.25) is 5.95 Å². The molecule has 0 bridgehead atoms.